The van der Waals surface area contributed by atoms with Gasteiger partial charge in [0.1, 0.15) is 23.0 Å². The topological polar surface area (TPSA) is 123 Å². The highest BCUT2D eigenvalue weighted by Gasteiger charge is 2.31. The van der Waals surface area contributed by atoms with Crippen LogP contribution in [-0.2, 0) is 23.5 Å². The predicted octanol–water partition coefficient (Wildman–Crippen LogP) is 4.35. The lowest BCUT2D eigenvalue weighted by molar-refractivity contribution is 0.0641. The van der Waals surface area contributed by atoms with Crippen LogP contribution in [0.5, 0.6) is 0 Å². The molecule has 0 aliphatic carbocycles. The van der Waals surface area contributed by atoms with Crippen molar-refractivity contribution < 1.29 is 19.3 Å². The number of anilines is 1. The number of imidazole rings is 1. The number of hydrogen-bond donors (Lipinski definition) is 3. The van der Waals surface area contributed by atoms with E-state index in [0.717, 1.165) is 5.69 Å². The largest absolute Gasteiger partial charge is 0.385 e. The summed E-state index contributed by atoms with van der Waals surface area (Å²) in [7, 11) is 1.60. The Bertz CT molecular complexity index is 1490. The van der Waals surface area contributed by atoms with Gasteiger partial charge < -0.3 is 24.8 Å². The minimum atomic E-state index is -1.26. The Hall–Kier alpha value is -3.12. The van der Waals surface area contributed by atoms with E-state index in [1.54, 1.807) is 31.7 Å². The van der Waals surface area contributed by atoms with Gasteiger partial charge in [0.05, 0.1) is 46.5 Å². The smallest absolute Gasteiger partial charge is 0.223 e. The van der Waals surface area contributed by atoms with Crippen LogP contribution in [0, 0.1) is 5.82 Å². The number of aromatic nitrogens is 6. The maximum absolute atomic E-state index is 15.3. The molecule has 0 spiro atoms. The average molecular weight is 544 g/mol. The van der Waals surface area contributed by atoms with Crippen LogP contribution in [0.4, 0.5) is 10.3 Å². The molecule has 1 aliphatic heterocycles. The number of ether oxygens (including phenoxy) is 1. The SMILES string of the molecule is COCc1cc2n(n1)CC[C@H](Nc1ncc(Cl)c(-c3cc(F)c4nc(C(C)(C)O)n(C(C)C)c4c3)n1)[C@@H]2O. The third-order valence-corrected chi connectivity index (χ3v) is 6.91. The van der Waals surface area contributed by atoms with Gasteiger partial charge in [0, 0.05) is 25.3 Å². The highest BCUT2D eigenvalue weighted by Crippen LogP contribution is 2.35. The van der Waals surface area contributed by atoms with Crippen molar-refractivity contribution in [1.82, 2.24) is 29.3 Å². The molecule has 1 aromatic carbocycles. The molecule has 38 heavy (non-hydrogen) atoms. The number of nitrogens with zero attached hydrogens (tertiary/aromatic N) is 6. The van der Waals surface area contributed by atoms with Gasteiger partial charge in [0.2, 0.25) is 5.95 Å². The van der Waals surface area contributed by atoms with Crippen molar-refractivity contribution in [3.63, 3.8) is 0 Å². The molecular weight excluding hydrogens is 513 g/mol. The van der Waals surface area contributed by atoms with Crippen LogP contribution in [0.15, 0.2) is 24.4 Å². The first-order chi connectivity index (χ1) is 18.0. The molecule has 202 valence electrons. The molecule has 3 aromatic heterocycles. The van der Waals surface area contributed by atoms with Crippen LogP contribution >= 0.6 is 11.6 Å². The molecule has 3 N–H and O–H groups in total. The number of nitrogens with one attached hydrogen (secondary N) is 1. The number of rotatable bonds is 7. The second-order valence-electron chi connectivity index (χ2n) is 10.4. The maximum atomic E-state index is 15.3. The fourth-order valence-electron chi connectivity index (χ4n) is 4.95. The summed E-state index contributed by atoms with van der Waals surface area (Å²) in [4.78, 5) is 13.3. The second kappa shape index (κ2) is 9.88. The molecule has 0 saturated carbocycles. The number of hydrogen-bond acceptors (Lipinski definition) is 8. The first-order valence-electron chi connectivity index (χ1n) is 12.4. The van der Waals surface area contributed by atoms with E-state index in [2.05, 4.69) is 25.4 Å². The maximum Gasteiger partial charge on any atom is 0.223 e. The molecule has 4 aromatic rings. The van der Waals surface area contributed by atoms with Crippen LogP contribution < -0.4 is 5.32 Å². The quantitative estimate of drug-likeness (QED) is 0.314. The standard InChI is InChI=1S/C26H31ClFN7O3/c1-13(2)35-19-9-14(8-17(28)22(19)31-24(35)26(3,4)37)21-16(27)11-29-25(32-21)30-18-6-7-34-20(23(18)36)10-15(33-34)12-38-5/h8-11,13,18,23,36-37H,6-7,12H2,1-5H3,(H,29,30,32)/t18-,23-/m0/s1. The monoisotopic (exact) mass is 543 g/mol. The van der Waals surface area contributed by atoms with Gasteiger partial charge in [-0.25, -0.2) is 19.3 Å². The Morgan fingerprint density at radius 3 is 2.71 bits per heavy atom. The zero-order valence-electron chi connectivity index (χ0n) is 21.9. The van der Waals surface area contributed by atoms with E-state index in [1.807, 2.05) is 24.5 Å². The van der Waals surface area contributed by atoms with E-state index in [4.69, 9.17) is 16.3 Å². The summed E-state index contributed by atoms with van der Waals surface area (Å²) in [5.41, 5.74) is 1.65. The average Bonchev–Trinajstić information content (AvgIpc) is 3.44. The van der Waals surface area contributed by atoms with Gasteiger partial charge in [-0.05, 0) is 52.3 Å². The second-order valence-corrected chi connectivity index (χ2v) is 10.8. The van der Waals surface area contributed by atoms with E-state index in [-0.39, 0.29) is 28.6 Å². The Balaban J connectivity index is 1.50. The van der Waals surface area contributed by atoms with Crippen molar-refractivity contribution in [3.05, 3.63) is 52.4 Å². The van der Waals surface area contributed by atoms with E-state index in [9.17, 15) is 10.2 Å². The van der Waals surface area contributed by atoms with Crippen molar-refractivity contribution in [1.29, 1.82) is 0 Å². The molecule has 12 heteroatoms. The molecule has 10 nitrogen and oxygen atoms in total. The molecule has 0 fully saturated rings. The van der Waals surface area contributed by atoms with Gasteiger partial charge in [-0.1, -0.05) is 11.6 Å². The fourth-order valence-corrected chi connectivity index (χ4v) is 5.15. The lowest BCUT2D eigenvalue weighted by atomic mass is 10.0. The number of fused-ring (bicyclic) bond motifs is 2. The molecule has 0 radical (unpaired) electrons. The van der Waals surface area contributed by atoms with Gasteiger partial charge in [0.25, 0.3) is 0 Å². The summed E-state index contributed by atoms with van der Waals surface area (Å²) in [6.07, 6.45) is 1.21. The van der Waals surface area contributed by atoms with E-state index in [1.165, 1.54) is 12.3 Å². The molecule has 0 unspecified atom stereocenters. The van der Waals surface area contributed by atoms with Crippen molar-refractivity contribution in [2.24, 2.45) is 0 Å². The van der Waals surface area contributed by atoms with Gasteiger partial charge in [-0.3, -0.25) is 4.68 Å². The molecule has 4 heterocycles. The van der Waals surface area contributed by atoms with Crippen LogP contribution in [0.25, 0.3) is 22.3 Å². The number of methoxy groups -OCH3 is 1. The van der Waals surface area contributed by atoms with Gasteiger partial charge in [-0.2, -0.15) is 5.10 Å². The summed E-state index contributed by atoms with van der Waals surface area (Å²) < 4.78 is 24.1. The highest BCUT2D eigenvalue weighted by atomic mass is 35.5. The number of aliphatic hydroxyl groups excluding tert-OH is 1. The first kappa shape index (κ1) is 26.5. The molecule has 0 bridgehead atoms. The number of benzene rings is 1. The Morgan fingerprint density at radius 1 is 1.26 bits per heavy atom. The molecule has 0 saturated heterocycles. The molecule has 1 aliphatic rings. The lowest BCUT2D eigenvalue weighted by Gasteiger charge is -2.29. The minimum absolute atomic E-state index is 0.0835. The number of aliphatic hydroxyl groups is 2. The van der Waals surface area contributed by atoms with Gasteiger partial charge >= 0.3 is 0 Å². The van der Waals surface area contributed by atoms with Crippen molar-refractivity contribution in [2.45, 2.75) is 71.1 Å². The van der Waals surface area contributed by atoms with E-state index < -0.39 is 17.5 Å². The summed E-state index contributed by atoms with van der Waals surface area (Å²) in [6, 6.07) is 4.48. The van der Waals surface area contributed by atoms with Crippen molar-refractivity contribution in [3.8, 4) is 11.3 Å². The number of halogens is 2. The molecule has 2 atom stereocenters. The van der Waals surface area contributed by atoms with Crippen LogP contribution in [-0.4, -0.2) is 52.7 Å². The summed E-state index contributed by atoms with van der Waals surface area (Å²) in [6.45, 7) is 8.11. The predicted molar refractivity (Wildman–Crippen MR) is 141 cm³/mol. The zero-order chi connectivity index (χ0) is 27.4. The van der Waals surface area contributed by atoms with Crippen molar-refractivity contribution >= 4 is 28.6 Å². The number of aryl methyl sites for hydroxylation is 1. The summed E-state index contributed by atoms with van der Waals surface area (Å²) in [5, 5.41) is 29.6. The molecular formula is C26H31ClFN7O3. The fraction of sp³-hybridized carbons (Fsp3) is 0.462. The lowest BCUT2D eigenvalue weighted by Crippen LogP contribution is -2.35. The Kier molecular flexibility index (Phi) is 6.89. The third-order valence-electron chi connectivity index (χ3n) is 6.63. The Labute approximate surface area is 224 Å². The van der Waals surface area contributed by atoms with Crippen LogP contribution in [0.3, 0.4) is 0 Å². The third kappa shape index (κ3) is 4.75. The minimum Gasteiger partial charge on any atom is -0.385 e. The highest BCUT2D eigenvalue weighted by molar-refractivity contribution is 6.33. The Morgan fingerprint density at radius 2 is 2.03 bits per heavy atom. The van der Waals surface area contributed by atoms with E-state index >= 15 is 4.39 Å². The van der Waals surface area contributed by atoms with Crippen LogP contribution in [0.1, 0.15) is 63.5 Å². The summed E-state index contributed by atoms with van der Waals surface area (Å²) in [5.74, 6) is 0.0804. The first-order valence-corrected chi connectivity index (χ1v) is 12.8. The zero-order valence-corrected chi connectivity index (χ0v) is 22.7. The molecule has 0 amide bonds. The van der Waals surface area contributed by atoms with Gasteiger partial charge in [0.15, 0.2) is 5.82 Å². The van der Waals surface area contributed by atoms with Crippen molar-refractivity contribution in [2.75, 3.05) is 12.4 Å². The van der Waals surface area contributed by atoms with E-state index in [0.29, 0.717) is 47.9 Å². The summed E-state index contributed by atoms with van der Waals surface area (Å²) >= 11 is 6.47. The van der Waals surface area contributed by atoms with Gasteiger partial charge in [-0.15, -0.1) is 0 Å². The normalized spacial score (nSPS) is 17.8. The van der Waals surface area contributed by atoms with Crippen LogP contribution in [0.2, 0.25) is 5.02 Å². The molecule has 5 rings (SSSR count).